The number of hydrogen-bond donors (Lipinski definition) is 1. The zero-order chi connectivity index (χ0) is 11.7. The van der Waals surface area contributed by atoms with E-state index in [0.29, 0.717) is 5.13 Å². The van der Waals surface area contributed by atoms with Gasteiger partial charge in [-0.3, -0.25) is 0 Å². The van der Waals surface area contributed by atoms with E-state index in [9.17, 15) is 0 Å². The predicted octanol–water partition coefficient (Wildman–Crippen LogP) is 3.38. The average molecular weight is 242 g/mol. The first-order valence-electron chi connectivity index (χ1n) is 5.82. The lowest BCUT2D eigenvalue weighted by atomic mass is 10.1. The van der Waals surface area contributed by atoms with Crippen LogP contribution in [0.3, 0.4) is 0 Å². The molecule has 17 heavy (non-hydrogen) atoms. The van der Waals surface area contributed by atoms with Gasteiger partial charge in [0, 0.05) is 5.38 Å². The van der Waals surface area contributed by atoms with E-state index >= 15 is 0 Å². The zero-order valence-corrected chi connectivity index (χ0v) is 10.3. The first kappa shape index (κ1) is 10.5. The summed E-state index contributed by atoms with van der Waals surface area (Å²) in [7, 11) is 0. The fourth-order valence-corrected chi connectivity index (χ4v) is 2.79. The fraction of sp³-hybridized carbons (Fsp3) is 0.214. The van der Waals surface area contributed by atoms with Crippen LogP contribution >= 0.6 is 11.3 Å². The van der Waals surface area contributed by atoms with Gasteiger partial charge in [0.2, 0.25) is 0 Å². The topological polar surface area (TPSA) is 38.9 Å². The lowest BCUT2D eigenvalue weighted by Gasteiger charge is -1.99. The van der Waals surface area contributed by atoms with Crippen molar-refractivity contribution in [3.63, 3.8) is 0 Å². The maximum Gasteiger partial charge on any atom is 0.180 e. The van der Waals surface area contributed by atoms with Crippen LogP contribution in [0.5, 0.6) is 0 Å². The molecular formula is C14H14N2S. The van der Waals surface area contributed by atoms with Crippen LogP contribution in [0, 0.1) is 0 Å². The molecule has 0 unspecified atom stereocenters. The highest BCUT2D eigenvalue weighted by molar-refractivity contribution is 7.13. The Morgan fingerprint density at radius 1 is 1.18 bits per heavy atom. The van der Waals surface area contributed by atoms with Crippen molar-refractivity contribution in [3.8, 4) is 0 Å². The van der Waals surface area contributed by atoms with E-state index in [0.717, 1.165) is 5.69 Å². The Hall–Kier alpha value is -1.61. The standard InChI is InChI=1S/C14H14N2S/c15-14-16-13(9-17-14)7-5-10-4-6-11-2-1-3-12(11)8-10/h4-9H,1-3H2,(H2,15,16). The molecule has 3 rings (SSSR count). The van der Waals surface area contributed by atoms with Gasteiger partial charge in [-0.05, 0) is 42.0 Å². The second kappa shape index (κ2) is 4.34. The van der Waals surface area contributed by atoms with Crippen LogP contribution in [0.2, 0.25) is 0 Å². The van der Waals surface area contributed by atoms with E-state index in [-0.39, 0.29) is 0 Å². The lowest BCUT2D eigenvalue weighted by Crippen LogP contribution is -1.83. The van der Waals surface area contributed by atoms with Gasteiger partial charge < -0.3 is 5.73 Å². The minimum atomic E-state index is 0.624. The number of nitrogen functional groups attached to an aromatic ring is 1. The lowest BCUT2D eigenvalue weighted by molar-refractivity contribution is 0.912. The number of aromatic nitrogens is 1. The number of nitrogens with zero attached hydrogens (tertiary/aromatic N) is 1. The SMILES string of the molecule is Nc1nc(C=Cc2ccc3c(c2)CCC3)cs1. The molecule has 2 nitrogen and oxygen atoms in total. The predicted molar refractivity (Wildman–Crippen MR) is 73.9 cm³/mol. The Balaban J connectivity index is 1.83. The van der Waals surface area contributed by atoms with Crippen LogP contribution in [0.4, 0.5) is 5.13 Å². The molecule has 1 heterocycles. The molecule has 0 atom stereocenters. The molecule has 2 aromatic rings. The minimum Gasteiger partial charge on any atom is -0.375 e. The number of thiazole rings is 1. The van der Waals surface area contributed by atoms with E-state index in [4.69, 9.17) is 5.73 Å². The van der Waals surface area contributed by atoms with E-state index in [1.54, 1.807) is 0 Å². The third kappa shape index (κ3) is 2.24. The van der Waals surface area contributed by atoms with Crippen molar-refractivity contribution in [2.24, 2.45) is 0 Å². The van der Waals surface area contributed by atoms with Crippen molar-refractivity contribution in [1.29, 1.82) is 0 Å². The summed E-state index contributed by atoms with van der Waals surface area (Å²) in [6, 6.07) is 6.71. The Morgan fingerprint density at radius 2 is 2.06 bits per heavy atom. The summed E-state index contributed by atoms with van der Waals surface area (Å²) in [6.45, 7) is 0. The number of hydrogen-bond acceptors (Lipinski definition) is 3. The Bertz CT molecular complexity index is 569. The summed E-state index contributed by atoms with van der Waals surface area (Å²) < 4.78 is 0. The molecular weight excluding hydrogens is 228 g/mol. The number of fused-ring (bicyclic) bond motifs is 1. The normalized spacial score (nSPS) is 14.4. The Kier molecular flexibility index (Phi) is 2.69. The molecule has 2 N–H and O–H groups in total. The van der Waals surface area contributed by atoms with Gasteiger partial charge in [0.25, 0.3) is 0 Å². The second-order valence-electron chi connectivity index (χ2n) is 4.33. The van der Waals surface area contributed by atoms with Crippen LogP contribution in [-0.2, 0) is 12.8 Å². The molecule has 0 aliphatic heterocycles. The minimum absolute atomic E-state index is 0.624. The Morgan fingerprint density at radius 3 is 2.88 bits per heavy atom. The monoisotopic (exact) mass is 242 g/mol. The highest BCUT2D eigenvalue weighted by atomic mass is 32.1. The number of benzene rings is 1. The third-order valence-electron chi connectivity index (χ3n) is 3.11. The van der Waals surface area contributed by atoms with Gasteiger partial charge >= 0.3 is 0 Å². The van der Waals surface area contributed by atoms with Crippen molar-refractivity contribution in [2.45, 2.75) is 19.3 Å². The molecule has 86 valence electrons. The Labute approximate surface area is 105 Å². The first-order valence-corrected chi connectivity index (χ1v) is 6.70. The van der Waals surface area contributed by atoms with Crippen molar-refractivity contribution in [2.75, 3.05) is 5.73 Å². The molecule has 0 fully saturated rings. The van der Waals surface area contributed by atoms with Crippen molar-refractivity contribution in [3.05, 3.63) is 46.0 Å². The summed E-state index contributed by atoms with van der Waals surface area (Å²) >= 11 is 1.48. The summed E-state index contributed by atoms with van der Waals surface area (Å²) in [5, 5.41) is 2.60. The van der Waals surface area contributed by atoms with Crippen molar-refractivity contribution in [1.82, 2.24) is 4.98 Å². The van der Waals surface area contributed by atoms with E-state index in [1.165, 1.54) is 47.3 Å². The van der Waals surface area contributed by atoms with Crippen LogP contribution in [0.15, 0.2) is 23.6 Å². The maximum absolute atomic E-state index is 5.59. The highest BCUT2D eigenvalue weighted by Gasteiger charge is 2.09. The summed E-state index contributed by atoms with van der Waals surface area (Å²) in [4.78, 5) is 4.21. The quantitative estimate of drug-likeness (QED) is 0.876. The number of aryl methyl sites for hydroxylation is 2. The van der Waals surface area contributed by atoms with Gasteiger partial charge in [-0.25, -0.2) is 4.98 Å². The van der Waals surface area contributed by atoms with E-state index in [1.807, 2.05) is 11.5 Å². The van der Waals surface area contributed by atoms with Gasteiger partial charge in [0.1, 0.15) is 0 Å². The summed E-state index contributed by atoms with van der Waals surface area (Å²) in [5.41, 5.74) is 10.8. The van der Waals surface area contributed by atoms with Gasteiger partial charge in [0.15, 0.2) is 5.13 Å². The van der Waals surface area contributed by atoms with Crippen LogP contribution in [0.25, 0.3) is 12.2 Å². The number of rotatable bonds is 2. The van der Waals surface area contributed by atoms with Gasteiger partial charge in [0.05, 0.1) is 5.69 Å². The molecule has 1 aromatic heterocycles. The summed E-state index contributed by atoms with van der Waals surface area (Å²) in [6.07, 6.45) is 7.88. The average Bonchev–Trinajstić information content (AvgIpc) is 2.94. The molecule has 0 amide bonds. The van der Waals surface area contributed by atoms with E-state index < -0.39 is 0 Å². The maximum atomic E-state index is 5.59. The second-order valence-corrected chi connectivity index (χ2v) is 5.22. The van der Waals surface area contributed by atoms with E-state index in [2.05, 4.69) is 29.3 Å². The molecule has 1 aliphatic carbocycles. The zero-order valence-electron chi connectivity index (χ0n) is 9.52. The third-order valence-corrected chi connectivity index (χ3v) is 3.80. The van der Waals surface area contributed by atoms with Crippen molar-refractivity contribution >= 4 is 28.6 Å². The molecule has 0 spiro atoms. The highest BCUT2D eigenvalue weighted by Crippen LogP contribution is 2.23. The fourth-order valence-electron chi connectivity index (χ4n) is 2.25. The first-order chi connectivity index (χ1) is 8.31. The summed E-state index contributed by atoms with van der Waals surface area (Å²) in [5.74, 6) is 0. The van der Waals surface area contributed by atoms with Crippen molar-refractivity contribution < 1.29 is 0 Å². The molecule has 1 aliphatic rings. The smallest absolute Gasteiger partial charge is 0.180 e. The molecule has 3 heteroatoms. The molecule has 1 aromatic carbocycles. The van der Waals surface area contributed by atoms with Crippen LogP contribution in [0.1, 0.15) is 28.8 Å². The molecule has 0 saturated carbocycles. The molecule has 0 saturated heterocycles. The van der Waals surface area contributed by atoms with Gasteiger partial charge in [-0.2, -0.15) is 0 Å². The molecule has 0 radical (unpaired) electrons. The van der Waals surface area contributed by atoms with Gasteiger partial charge in [-0.15, -0.1) is 11.3 Å². The van der Waals surface area contributed by atoms with Crippen LogP contribution < -0.4 is 5.73 Å². The number of anilines is 1. The number of nitrogens with two attached hydrogens (primary N) is 1. The molecule has 0 bridgehead atoms. The largest absolute Gasteiger partial charge is 0.375 e. The van der Waals surface area contributed by atoms with Crippen LogP contribution in [-0.4, -0.2) is 4.98 Å². The van der Waals surface area contributed by atoms with Gasteiger partial charge in [-0.1, -0.05) is 24.3 Å².